The number of hydrogen-bond donors (Lipinski definition) is 0. The van der Waals surface area contributed by atoms with E-state index in [0.29, 0.717) is 0 Å². The maximum absolute atomic E-state index is 14.2. The van der Waals surface area contributed by atoms with Crippen molar-refractivity contribution in [2.45, 2.75) is 33.8 Å². The summed E-state index contributed by atoms with van der Waals surface area (Å²) in [7, 11) is 0. The van der Waals surface area contributed by atoms with Crippen LogP contribution in [0.1, 0.15) is 33.3 Å². The Balaban J connectivity index is 2.56. The van der Waals surface area contributed by atoms with Gasteiger partial charge in [0.15, 0.2) is 0 Å². The third-order valence-electron chi connectivity index (χ3n) is 3.38. The van der Waals surface area contributed by atoms with E-state index in [1.165, 1.54) is 19.9 Å². The molecular formula is C16H15FN2O3. The first-order chi connectivity index (χ1) is 10.3. The van der Waals surface area contributed by atoms with Crippen LogP contribution in [0.25, 0.3) is 0 Å². The molecule has 0 aromatic heterocycles. The molecule has 1 heterocycles. The molecule has 0 bridgehead atoms. The number of rotatable bonds is 3. The Hall–Kier alpha value is -2.68. The van der Waals surface area contributed by atoms with Crippen LogP contribution >= 0.6 is 0 Å². The molecule has 0 atom stereocenters. The van der Waals surface area contributed by atoms with Crippen molar-refractivity contribution in [2.75, 3.05) is 4.90 Å². The predicted molar refractivity (Wildman–Crippen MR) is 77.7 cm³/mol. The summed E-state index contributed by atoms with van der Waals surface area (Å²) >= 11 is 0. The Kier molecular flexibility index (Phi) is 4.00. The molecule has 5 nitrogen and oxygen atoms in total. The number of nitrogens with zero attached hydrogens (tertiary/aromatic N) is 2. The first-order valence-electron chi connectivity index (χ1n) is 6.74. The summed E-state index contributed by atoms with van der Waals surface area (Å²) in [5, 5.41) is 9.05. The zero-order chi connectivity index (χ0) is 16.6. The van der Waals surface area contributed by atoms with Gasteiger partial charge in [0.05, 0.1) is 17.4 Å². The molecule has 0 saturated carbocycles. The Morgan fingerprint density at radius 2 is 1.73 bits per heavy atom. The molecule has 0 aliphatic carbocycles. The van der Waals surface area contributed by atoms with Gasteiger partial charge in [-0.15, -0.1) is 0 Å². The maximum Gasteiger partial charge on any atom is 0.261 e. The topological polar surface area (TPSA) is 70.4 Å². The molecule has 1 aliphatic heterocycles. The third kappa shape index (κ3) is 2.46. The minimum absolute atomic E-state index is 0.00967. The standard InChI is InChI=1S/C16H15FN2O3/c1-8(2)22-14-6-13(12(17)5-11(14)7-18)19-15(20)9(3)10(4)16(19)21/h5-6,8H,1-4H3. The smallest absolute Gasteiger partial charge is 0.261 e. The van der Waals surface area contributed by atoms with E-state index in [4.69, 9.17) is 10.00 Å². The van der Waals surface area contributed by atoms with Crippen molar-refractivity contribution < 1.29 is 18.7 Å². The Morgan fingerprint density at radius 3 is 2.18 bits per heavy atom. The van der Waals surface area contributed by atoms with Gasteiger partial charge in [-0.3, -0.25) is 9.59 Å². The van der Waals surface area contributed by atoms with E-state index < -0.39 is 17.6 Å². The highest BCUT2D eigenvalue weighted by molar-refractivity contribution is 6.32. The second-order valence-electron chi connectivity index (χ2n) is 5.27. The van der Waals surface area contributed by atoms with Crippen molar-refractivity contribution in [3.8, 4) is 11.8 Å². The van der Waals surface area contributed by atoms with Gasteiger partial charge in [0, 0.05) is 17.2 Å². The normalized spacial score (nSPS) is 14.9. The number of carbonyl (C=O) groups excluding carboxylic acids is 2. The van der Waals surface area contributed by atoms with Gasteiger partial charge < -0.3 is 4.74 Å². The number of ether oxygens (including phenoxy) is 1. The Labute approximate surface area is 127 Å². The van der Waals surface area contributed by atoms with Crippen LogP contribution < -0.4 is 9.64 Å². The predicted octanol–water partition coefficient (Wildman–Crippen LogP) is 2.69. The van der Waals surface area contributed by atoms with E-state index in [2.05, 4.69) is 0 Å². The molecule has 6 heteroatoms. The average molecular weight is 302 g/mol. The van der Waals surface area contributed by atoms with Crippen molar-refractivity contribution in [2.24, 2.45) is 0 Å². The lowest BCUT2D eigenvalue weighted by molar-refractivity contribution is -0.120. The number of imide groups is 1. The maximum atomic E-state index is 14.2. The van der Waals surface area contributed by atoms with Crippen molar-refractivity contribution >= 4 is 17.5 Å². The molecule has 0 radical (unpaired) electrons. The molecule has 2 amide bonds. The molecule has 2 rings (SSSR count). The summed E-state index contributed by atoms with van der Waals surface area (Å²) in [6.45, 7) is 6.55. The Morgan fingerprint density at radius 1 is 1.18 bits per heavy atom. The number of halogens is 1. The SMILES string of the molecule is CC1=C(C)C(=O)N(c2cc(OC(C)C)c(C#N)cc2F)C1=O. The summed E-state index contributed by atoms with van der Waals surface area (Å²) in [4.78, 5) is 25.1. The fourth-order valence-corrected chi connectivity index (χ4v) is 2.12. The molecule has 0 fully saturated rings. The first-order valence-corrected chi connectivity index (χ1v) is 6.74. The summed E-state index contributed by atoms with van der Waals surface area (Å²) in [5.41, 5.74) is 0.358. The van der Waals surface area contributed by atoms with Gasteiger partial charge >= 0.3 is 0 Å². The molecule has 0 saturated heterocycles. The van der Waals surface area contributed by atoms with E-state index in [1.54, 1.807) is 13.8 Å². The number of benzene rings is 1. The number of amides is 2. The monoisotopic (exact) mass is 302 g/mol. The zero-order valence-electron chi connectivity index (χ0n) is 12.7. The van der Waals surface area contributed by atoms with Crippen LogP contribution in [0.2, 0.25) is 0 Å². The Bertz CT molecular complexity index is 720. The van der Waals surface area contributed by atoms with Crippen molar-refractivity contribution in [1.82, 2.24) is 0 Å². The molecule has 0 unspecified atom stereocenters. The van der Waals surface area contributed by atoms with Gasteiger partial charge in [-0.2, -0.15) is 5.26 Å². The highest BCUT2D eigenvalue weighted by Crippen LogP contribution is 2.33. The molecule has 114 valence electrons. The number of hydrogen-bond acceptors (Lipinski definition) is 4. The van der Waals surface area contributed by atoms with Crippen LogP contribution in [0.15, 0.2) is 23.3 Å². The fourth-order valence-electron chi connectivity index (χ4n) is 2.12. The molecule has 22 heavy (non-hydrogen) atoms. The van der Waals surface area contributed by atoms with Gasteiger partial charge in [0.2, 0.25) is 0 Å². The quantitative estimate of drug-likeness (QED) is 0.805. The van der Waals surface area contributed by atoms with Gasteiger partial charge in [-0.25, -0.2) is 9.29 Å². The van der Waals surface area contributed by atoms with E-state index in [-0.39, 0.29) is 34.3 Å². The van der Waals surface area contributed by atoms with Crippen molar-refractivity contribution in [3.63, 3.8) is 0 Å². The second-order valence-corrected chi connectivity index (χ2v) is 5.27. The van der Waals surface area contributed by atoms with Crippen LogP contribution in [0, 0.1) is 17.1 Å². The molecule has 0 spiro atoms. The van der Waals surface area contributed by atoms with Gasteiger partial charge in [0.1, 0.15) is 17.6 Å². The number of nitriles is 1. The van der Waals surface area contributed by atoms with Gasteiger partial charge in [0.25, 0.3) is 11.8 Å². The molecule has 1 aromatic carbocycles. The zero-order valence-corrected chi connectivity index (χ0v) is 12.7. The summed E-state index contributed by atoms with van der Waals surface area (Å²) in [6.07, 6.45) is -0.239. The summed E-state index contributed by atoms with van der Waals surface area (Å²) in [6, 6.07) is 4.02. The minimum atomic E-state index is -0.822. The molecule has 1 aliphatic rings. The lowest BCUT2D eigenvalue weighted by Crippen LogP contribution is -2.32. The second kappa shape index (κ2) is 5.60. The van der Waals surface area contributed by atoms with Crippen LogP contribution in [0.5, 0.6) is 5.75 Å². The van der Waals surface area contributed by atoms with Crippen LogP contribution in [-0.2, 0) is 9.59 Å². The van der Waals surface area contributed by atoms with Crippen LogP contribution in [0.4, 0.5) is 10.1 Å². The fraction of sp³-hybridized carbons (Fsp3) is 0.312. The lowest BCUT2D eigenvalue weighted by atomic mass is 10.1. The minimum Gasteiger partial charge on any atom is -0.490 e. The highest BCUT2D eigenvalue weighted by Gasteiger charge is 2.36. The lowest BCUT2D eigenvalue weighted by Gasteiger charge is -2.19. The average Bonchev–Trinajstić information content (AvgIpc) is 2.64. The van der Waals surface area contributed by atoms with Gasteiger partial charge in [-0.05, 0) is 33.8 Å². The van der Waals surface area contributed by atoms with Crippen LogP contribution in [-0.4, -0.2) is 17.9 Å². The van der Waals surface area contributed by atoms with Crippen molar-refractivity contribution in [3.05, 3.63) is 34.7 Å². The molecule has 0 N–H and O–H groups in total. The van der Waals surface area contributed by atoms with Gasteiger partial charge in [-0.1, -0.05) is 0 Å². The molecular weight excluding hydrogens is 287 g/mol. The van der Waals surface area contributed by atoms with E-state index >= 15 is 0 Å². The number of anilines is 1. The highest BCUT2D eigenvalue weighted by atomic mass is 19.1. The van der Waals surface area contributed by atoms with E-state index in [0.717, 1.165) is 11.0 Å². The first kappa shape index (κ1) is 15.7. The van der Waals surface area contributed by atoms with E-state index in [9.17, 15) is 14.0 Å². The third-order valence-corrected chi connectivity index (χ3v) is 3.38. The number of carbonyl (C=O) groups is 2. The van der Waals surface area contributed by atoms with Crippen molar-refractivity contribution in [1.29, 1.82) is 5.26 Å². The molecule has 1 aromatic rings. The van der Waals surface area contributed by atoms with E-state index in [1.807, 2.05) is 6.07 Å². The summed E-state index contributed by atoms with van der Waals surface area (Å²) in [5.74, 6) is -1.82. The largest absolute Gasteiger partial charge is 0.490 e. The van der Waals surface area contributed by atoms with Crippen LogP contribution in [0.3, 0.4) is 0 Å². The summed E-state index contributed by atoms with van der Waals surface area (Å²) < 4.78 is 19.7.